The first-order chi connectivity index (χ1) is 12.3. The highest BCUT2D eigenvalue weighted by atomic mass is 16.3. The van der Waals surface area contributed by atoms with Crippen LogP contribution in [0.1, 0.15) is 5.56 Å². The summed E-state index contributed by atoms with van der Waals surface area (Å²) in [4.78, 5) is 0. The smallest absolute Gasteiger partial charge is 0.158 e. The van der Waals surface area contributed by atoms with Crippen molar-refractivity contribution in [3.8, 4) is 0 Å². The van der Waals surface area contributed by atoms with Crippen molar-refractivity contribution in [2.24, 2.45) is 0 Å². The molecule has 5 aromatic rings. The van der Waals surface area contributed by atoms with Crippen molar-refractivity contribution in [3.05, 3.63) is 84.4 Å². The Labute approximate surface area is 145 Å². The number of furan rings is 1. The van der Waals surface area contributed by atoms with Gasteiger partial charge >= 0.3 is 0 Å². The van der Waals surface area contributed by atoms with Gasteiger partial charge in [0, 0.05) is 16.5 Å². The van der Waals surface area contributed by atoms with Gasteiger partial charge in [0.2, 0.25) is 0 Å². The van der Waals surface area contributed by atoms with Gasteiger partial charge in [-0.15, -0.1) is 0 Å². The van der Waals surface area contributed by atoms with Gasteiger partial charge in [0.1, 0.15) is 5.58 Å². The van der Waals surface area contributed by atoms with E-state index in [9.17, 15) is 0 Å². The summed E-state index contributed by atoms with van der Waals surface area (Å²) in [7, 11) is 0. The van der Waals surface area contributed by atoms with Crippen LogP contribution in [0.25, 0.3) is 32.7 Å². The molecule has 0 bridgehead atoms. The molecule has 120 valence electrons. The van der Waals surface area contributed by atoms with Crippen LogP contribution in [0.4, 0.5) is 11.4 Å². The number of nitrogens with one attached hydrogen (secondary N) is 1. The number of anilines is 2. The van der Waals surface area contributed by atoms with E-state index in [4.69, 9.17) is 4.42 Å². The van der Waals surface area contributed by atoms with Gasteiger partial charge in [-0.05, 0) is 47.5 Å². The van der Waals surface area contributed by atoms with Crippen LogP contribution in [0.3, 0.4) is 0 Å². The maximum atomic E-state index is 6.23. The molecule has 0 fully saturated rings. The van der Waals surface area contributed by atoms with Crippen molar-refractivity contribution >= 4 is 44.1 Å². The Hall–Kier alpha value is -3.26. The minimum Gasteiger partial charge on any atom is -0.454 e. The molecule has 0 atom stereocenters. The fourth-order valence-corrected chi connectivity index (χ4v) is 3.54. The maximum absolute atomic E-state index is 6.23. The summed E-state index contributed by atoms with van der Waals surface area (Å²) < 4.78 is 6.23. The van der Waals surface area contributed by atoms with Crippen molar-refractivity contribution in [2.75, 3.05) is 5.32 Å². The van der Waals surface area contributed by atoms with E-state index >= 15 is 0 Å². The first-order valence-corrected chi connectivity index (χ1v) is 8.46. The van der Waals surface area contributed by atoms with Gasteiger partial charge in [0.05, 0.1) is 5.69 Å². The Balaban J connectivity index is 1.77. The second kappa shape index (κ2) is 5.38. The number of para-hydroxylation sites is 1. The molecule has 0 spiro atoms. The molecule has 0 aliphatic heterocycles. The standard InChI is InChI=1S/C23H17NO/c1-15-6-4-8-17(14-15)24-20-11-5-10-19-22-18-9-3-2-7-16(18)12-13-21(22)25-23(19)20/h2-14,24H,1H3. The zero-order valence-corrected chi connectivity index (χ0v) is 13.9. The molecule has 2 heteroatoms. The van der Waals surface area contributed by atoms with Crippen molar-refractivity contribution in [3.63, 3.8) is 0 Å². The summed E-state index contributed by atoms with van der Waals surface area (Å²) >= 11 is 0. The topological polar surface area (TPSA) is 25.2 Å². The van der Waals surface area contributed by atoms with Crippen LogP contribution in [0.5, 0.6) is 0 Å². The van der Waals surface area contributed by atoms with Gasteiger partial charge in [-0.1, -0.05) is 54.6 Å². The summed E-state index contributed by atoms with van der Waals surface area (Å²) in [6, 6.07) is 27.3. The molecule has 0 radical (unpaired) electrons. The van der Waals surface area contributed by atoms with Crippen LogP contribution >= 0.6 is 0 Å². The number of fused-ring (bicyclic) bond motifs is 5. The predicted molar refractivity (Wildman–Crippen MR) is 106 cm³/mol. The first kappa shape index (κ1) is 14.1. The normalized spacial score (nSPS) is 11.4. The minimum atomic E-state index is 0.898. The average molecular weight is 323 g/mol. The van der Waals surface area contributed by atoms with E-state index in [1.165, 1.54) is 21.7 Å². The summed E-state index contributed by atoms with van der Waals surface area (Å²) in [5.74, 6) is 0. The van der Waals surface area contributed by atoms with Crippen LogP contribution < -0.4 is 5.32 Å². The molecule has 1 aromatic heterocycles. The summed E-state index contributed by atoms with van der Waals surface area (Å²) in [6.45, 7) is 2.10. The molecule has 0 amide bonds. The largest absolute Gasteiger partial charge is 0.454 e. The van der Waals surface area contributed by atoms with Gasteiger partial charge in [-0.2, -0.15) is 0 Å². The SMILES string of the molecule is Cc1cccc(Nc2cccc3c2oc2ccc4ccccc4c23)c1. The lowest BCUT2D eigenvalue weighted by atomic mass is 10.0. The fraction of sp³-hybridized carbons (Fsp3) is 0.0435. The highest BCUT2D eigenvalue weighted by Gasteiger charge is 2.13. The summed E-state index contributed by atoms with van der Waals surface area (Å²) in [6.07, 6.45) is 0. The van der Waals surface area contributed by atoms with Crippen LogP contribution in [0.2, 0.25) is 0 Å². The van der Waals surface area contributed by atoms with E-state index in [0.29, 0.717) is 0 Å². The van der Waals surface area contributed by atoms with Crippen molar-refractivity contribution in [2.45, 2.75) is 6.92 Å². The van der Waals surface area contributed by atoms with Crippen LogP contribution in [0, 0.1) is 6.92 Å². The van der Waals surface area contributed by atoms with Gasteiger partial charge in [-0.25, -0.2) is 0 Å². The molecule has 0 saturated heterocycles. The van der Waals surface area contributed by atoms with Gasteiger partial charge in [0.25, 0.3) is 0 Å². The van der Waals surface area contributed by atoms with Crippen molar-refractivity contribution in [1.82, 2.24) is 0 Å². The molecule has 0 unspecified atom stereocenters. The Morgan fingerprint density at radius 3 is 2.52 bits per heavy atom. The molecule has 0 aliphatic carbocycles. The molecule has 25 heavy (non-hydrogen) atoms. The number of hydrogen-bond acceptors (Lipinski definition) is 2. The van der Waals surface area contributed by atoms with E-state index in [2.05, 4.69) is 91.1 Å². The second-order valence-corrected chi connectivity index (χ2v) is 6.44. The average Bonchev–Trinajstić information content (AvgIpc) is 3.02. The Morgan fingerprint density at radius 2 is 1.60 bits per heavy atom. The number of rotatable bonds is 2. The molecule has 1 N–H and O–H groups in total. The van der Waals surface area contributed by atoms with E-state index in [0.717, 1.165) is 27.9 Å². The monoisotopic (exact) mass is 323 g/mol. The molecular weight excluding hydrogens is 306 g/mol. The lowest BCUT2D eigenvalue weighted by Gasteiger charge is -2.07. The maximum Gasteiger partial charge on any atom is 0.158 e. The zero-order chi connectivity index (χ0) is 16.8. The van der Waals surface area contributed by atoms with Gasteiger partial charge in [-0.3, -0.25) is 0 Å². The van der Waals surface area contributed by atoms with E-state index in [-0.39, 0.29) is 0 Å². The third kappa shape index (κ3) is 2.26. The van der Waals surface area contributed by atoms with E-state index < -0.39 is 0 Å². The second-order valence-electron chi connectivity index (χ2n) is 6.44. The number of hydrogen-bond donors (Lipinski definition) is 1. The lowest BCUT2D eigenvalue weighted by molar-refractivity contribution is 0.670. The molecule has 0 aliphatic rings. The van der Waals surface area contributed by atoms with Crippen molar-refractivity contribution < 1.29 is 4.42 Å². The fourth-order valence-electron chi connectivity index (χ4n) is 3.54. The van der Waals surface area contributed by atoms with Crippen LogP contribution in [-0.2, 0) is 0 Å². The minimum absolute atomic E-state index is 0.898. The van der Waals surface area contributed by atoms with Gasteiger partial charge < -0.3 is 9.73 Å². The highest BCUT2D eigenvalue weighted by molar-refractivity contribution is 6.20. The molecular formula is C23H17NO. The molecule has 1 heterocycles. The van der Waals surface area contributed by atoms with Gasteiger partial charge in [0.15, 0.2) is 5.58 Å². The van der Waals surface area contributed by atoms with Crippen LogP contribution in [0.15, 0.2) is 83.3 Å². The zero-order valence-electron chi connectivity index (χ0n) is 13.9. The van der Waals surface area contributed by atoms with Crippen LogP contribution in [-0.4, -0.2) is 0 Å². The Morgan fingerprint density at radius 1 is 0.760 bits per heavy atom. The predicted octanol–water partition coefficient (Wildman–Crippen LogP) is 6.79. The van der Waals surface area contributed by atoms with E-state index in [1.54, 1.807) is 0 Å². The quantitative estimate of drug-likeness (QED) is 0.387. The molecule has 5 rings (SSSR count). The first-order valence-electron chi connectivity index (χ1n) is 8.46. The molecule has 2 nitrogen and oxygen atoms in total. The lowest BCUT2D eigenvalue weighted by Crippen LogP contribution is -1.90. The third-order valence-electron chi connectivity index (χ3n) is 4.68. The summed E-state index contributed by atoms with van der Waals surface area (Å²) in [5.41, 5.74) is 5.11. The van der Waals surface area contributed by atoms with E-state index in [1.807, 2.05) is 0 Å². The third-order valence-corrected chi connectivity index (χ3v) is 4.68. The Kier molecular flexibility index (Phi) is 3.04. The summed E-state index contributed by atoms with van der Waals surface area (Å²) in [5, 5.41) is 8.29. The Bertz CT molecular complexity index is 1230. The molecule has 4 aromatic carbocycles. The number of aryl methyl sites for hydroxylation is 1. The highest BCUT2D eigenvalue weighted by Crippen LogP contribution is 2.38. The number of benzene rings is 4. The molecule has 0 saturated carbocycles. The van der Waals surface area contributed by atoms with Crippen molar-refractivity contribution in [1.29, 1.82) is 0 Å².